The van der Waals surface area contributed by atoms with E-state index in [9.17, 15) is 4.79 Å². The summed E-state index contributed by atoms with van der Waals surface area (Å²) in [5.41, 5.74) is 8.03. The number of aromatic nitrogens is 2. The monoisotopic (exact) mass is 367 g/mol. The highest BCUT2D eigenvalue weighted by Gasteiger charge is 2.49. The number of nitrogens with one attached hydrogen (secondary N) is 1. The van der Waals surface area contributed by atoms with E-state index >= 15 is 0 Å². The molecule has 144 valence electrons. The van der Waals surface area contributed by atoms with Crippen LogP contribution in [0, 0.1) is 0 Å². The maximum absolute atomic E-state index is 12.7. The third-order valence-corrected chi connectivity index (χ3v) is 5.94. The van der Waals surface area contributed by atoms with Gasteiger partial charge in [-0.25, -0.2) is 0 Å². The van der Waals surface area contributed by atoms with Crippen LogP contribution in [0.1, 0.15) is 48.5 Å². The molecule has 4 rings (SSSR count). The molecule has 2 atom stereocenters. The number of rotatable bonds is 6. The molecule has 6 heteroatoms. The molecule has 2 heterocycles. The van der Waals surface area contributed by atoms with Crippen LogP contribution in [0.15, 0.2) is 42.7 Å². The van der Waals surface area contributed by atoms with Crippen LogP contribution in [-0.2, 0) is 13.1 Å². The lowest BCUT2D eigenvalue weighted by atomic mass is 9.74. The summed E-state index contributed by atoms with van der Waals surface area (Å²) in [4.78, 5) is 15.2. The van der Waals surface area contributed by atoms with Crippen molar-refractivity contribution in [2.24, 2.45) is 5.73 Å². The molecule has 1 aromatic carbocycles. The number of nitrogens with zero attached hydrogens (tertiary/aromatic N) is 3. The van der Waals surface area contributed by atoms with E-state index < -0.39 is 0 Å². The van der Waals surface area contributed by atoms with E-state index in [1.54, 1.807) is 17.1 Å². The Balaban J connectivity index is 1.39. The Morgan fingerprint density at radius 1 is 1.37 bits per heavy atom. The molecule has 1 aromatic heterocycles. The van der Waals surface area contributed by atoms with E-state index in [1.165, 1.54) is 24.8 Å². The van der Waals surface area contributed by atoms with Gasteiger partial charge >= 0.3 is 0 Å². The number of nitrogens with two attached hydrogens (primary N) is 1. The molecular formula is C21H29N5O. The first-order valence-corrected chi connectivity index (χ1v) is 9.92. The van der Waals surface area contributed by atoms with Gasteiger partial charge in [-0.2, -0.15) is 5.10 Å². The lowest BCUT2D eigenvalue weighted by molar-refractivity contribution is 0.0495. The molecule has 1 aliphatic carbocycles. The average molecular weight is 367 g/mol. The summed E-state index contributed by atoms with van der Waals surface area (Å²) >= 11 is 0. The van der Waals surface area contributed by atoms with Gasteiger partial charge in [0, 0.05) is 36.9 Å². The number of hydrogen-bond donors (Lipinski definition) is 2. The van der Waals surface area contributed by atoms with Crippen LogP contribution >= 0.6 is 0 Å². The molecule has 1 amide bonds. The maximum atomic E-state index is 12.7. The van der Waals surface area contributed by atoms with Crippen molar-refractivity contribution in [1.82, 2.24) is 20.0 Å². The van der Waals surface area contributed by atoms with Crippen LogP contribution in [-0.4, -0.2) is 44.8 Å². The molecule has 1 spiro atoms. The summed E-state index contributed by atoms with van der Waals surface area (Å²) in [5, 5.41) is 7.48. The fourth-order valence-electron chi connectivity index (χ4n) is 4.49. The quantitative estimate of drug-likeness (QED) is 0.820. The van der Waals surface area contributed by atoms with Gasteiger partial charge in [0.15, 0.2) is 0 Å². The molecule has 2 aliphatic rings. The molecule has 0 radical (unpaired) electrons. The predicted octanol–water partition coefficient (Wildman–Crippen LogP) is 2.16. The van der Waals surface area contributed by atoms with Crippen LogP contribution in [0.3, 0.4) is 0 Å². The lowest BCUT2D eigenvalue weighted by Crippen LogP contribution is -2.48. The summed E-state index contributed by atoms with van der Waals surface area (Å²) in [6, 6.07) is 10.8. The molecule has 1 saturated carbocycles. The molecule has 1 aliphatic heterocycles. The molecule has 1 saturated heterocycles. The molecule has 2 unspecified atom stereocenters. The number of carbonyl (C=O) groups is 1. The fourth-order valence-corrected chi connectivity index (χ4v) is 4.49. The largest absolute Gasteiger partial charge is 0.348 e. The van der Waals surface area contributed by atoms with Crippen molar-refractivity contribution in [3.63, 3.8) is 0 Å². The standard InChI is InChI=1S/C21H29N5O/c1-16(22)12-26-14-18(11-23-26)20(27)24-19-10-21(8-5-9-21)25(15-19)13-17-6-3-2-4-7-17/h2-4,6-7,11,14,16,19H,5,8-10,12-13,15,22H2,1H3,(H,24,27). The zero-order valence-corrected chi connectivity index (χ0v) is 16.0. The minimum Gasteiger partial charge on any atom is -0.348 e. The lowest BCUT2D eigenvalue weighted by Gasteiger charge is -2.46. The fraction of sp³-hybridized carbons (Fsp3) is 0.524. The van der Waals surface area contributed by atoms with Gasteiger partial charge in [0.1, 0.15) is 0 Å². The van der Waals surface area contributed by atoms with Crippen molar-refractivity contribution in [2.75, 3.05) is 6.54 Å². The zero-order chi connectivity index (χ0) is 18.9. The van der Waals surface area contributed by atoms with Gasteiger partial charge in [0.2, 0.25) is 0 Å². The molecule has 2 fully saturated rings. The second-order valence-corrected chi connectivity index (χ2v) is 8.25. The van der Waals surface area contributed by atoms with Crippen LogP contribution in [0.4, 0.5) is 0 Å². The normalized spacial score (nSPS) is 22.5. The molecule has 3 N–H and O–H groups in total. The predicted molar refractivity (Wildman–Crippen MR) is 105 cm³/mol. The first kappa shape index (κ1) is 18.2. The molecule has 6 nitrogen and oxygen atoms in total. The van der Waals surface area contributed by atoms with Crippen LogP contribution in [0.25, 0.3) is 0 Å². The highest BCUT2D eigenvalue weighted by atomic mass is 16.1. The zero-order valence-electron chi connectivity index (χ0n) is 16.0. The second-order valence-electron chi connectivity index (χ2n) is 8.25. The first-order chi connectivity index (χ1) is 13.0. The van der Waals surface area contributed by atoms with Crippen LogP contribution in [0.5, 0.6) is 0 Å². The van der Waals surface area contributed by atoms with Gasteiger partial charge in [-0.1, -0.05) is 30.3 Å². The second kappa shape index (κ2) is 7.44. The van der Waals surface area contributed by atoms with E-state index in [0.717, 1.165) is 19.5 Å². The summed E-state index contributed by atoms with van der Waals surface area (Å²) < 4.78 is 1.74. The number of likely N-dealkylation sites (tertiary alicyclic amines) is 1. The molecule has 27 heavy (non-hydrogen) atoms. The van der Waals surface area contributed by atoms with Crippen LogP contribution in [0.2, 0.25) is 0 Å². The van der Waals surface area contributed by atoms with Gasteiger partial charge in [-0.3, -0.25) is 14.4 Å². The third kappa shape index (κ3) is 3.92. The summed E-state index contributed by atoms with van der Waals surface area (Å²) in [5.74, 6) is -0.0352. The highest BCUT2D eigenvalue weighted by Crippen LogP contribution is 2.46. The minimum atomic E-state index is -0.0352. The van der Waals surface area contributed by atoms with E-state index in [1.807, 2.05) is 6.92 Å². The Labute approximate surface area is 160 Å². The number of amides is 1. The van der Waals surface area contributed by atoms with E-state index in [-0.39, 0.29) is 23.5 Å². The summed E-state index contributed by atoms with van der Waals surface area (Å²) in [6.07, 6.45) is 8.22. The van der Waals surface area contributed by atoms with E-state index in [4.69, 9.17) is 5.73 Å². The Kier molecular flexibility index (Phi) is 5.02. The average Bonchev–Trinajstić information content (AvgIpc) is 3.20. The van der Waals surface area contributed by atoms with Crippen molar-refractivity contribution in [3.8, 4) is 0 Å². The molecule has 0 bridgehead atoms. The third-order valence-electron chi connectivity index (χ3n) is 5.94. The molecular weight excluding hydrogens is 338 g/mol. The Bertz CT molecular complexity index is 781. The van der Waals surface area contributed by atoms with Crippen molar-refractivity contribution >= 4 is 5.91 Å². The van der Waals surface area contributed by atoms with E-state index in [2.05, 4.69) is 45.6 Å². The van der Waals surface area contributed by atoms with Crippen molar-refractivity contribution in [2.45, 2.75) is 63.3 Å². The Morgan fingerprint density at radius 3 is 2.81 bits per heavy atom. The maximum Gasteiger partial charge on any atom is 0.254 e. The van der Waals surface area contributed by atoms with Gasteiger partial charge in [0.05, 0.1) is 18.3 Å². The number of hydrogen-bond acceptors (Lipinski definition) is 4. The van der Waals surface area contributed by atoms with Gasteiger partial charge in [-0.15, -0.1) is 0 Å². The van der Waals surface area contributed by atoms with Crippen molar-refractivity contribution in [3.05, 3.63) is 53.9 Å². The first-order valence-electron chi connectivity index (χ1n) is 9.92. The number of benzene rings is 1. The van der Waals surface area contributed by atoms with E-state index in [0.29, 0.717) is 12.1 Å². The van der Waals surface area contributed by atoms with Gasteiger partial charge in [0.25, 0.3) is 5.91 Å². The van der Waals surface area contributed by atoms with Gasteiger partial charge in [-0.05, 0) is 38.2 Å². The van der Waals surface area contributed by atoms with Crippen LogP contribution < -0.4 is 11.1 Å². The summed E-state index contributed by atoms with van der Waals surface area (Å²) in [7, 11) is 0. The molecule has 2 aromatic rings. The number of carbonyl (C=O) groups excluding carboxylic acids is 1. The highest BCUT2D eigenvalue weighted by molar-refractivity contribution is 5.93. The smallest absolute Gasteiger partial charge is 0.254 e. The Morgan fingerprint density at radius 2 is 2.15 bits per heavy atom. The topological polar surface area (TPSA) is 76.2 Å². The Hall–Kier alpha value is -2.18. The van der Waals surface area contributed by atoms with Crippen molar-refractivity contribution in [1.29, 1.82) is 0 Å². The van der Waals surface area contributed by atoms with Gasteiger partial charge < -0.3 is 11.1 Å². The summed E-state index contributed by atoms with van der Waals surface area (Å²) in [6.45, 7) is 4.41. The minimum absolute atomic E-state index is 0.0145. The van der Waals surface area contributed by atoms with Crippen molar-refractivity contribution < 1.29 is 4.79 Å². The SMILES string of the molecule is CC(N)Cn1cc(C(=O)NC2CN(Cc3ccccc3)C3(CCC3)C2)cn1.